The smallest absolute Gasteiger partial charge is 0.303 e. The molecule has 160 valence electrons. The highest BCUT2D eigenvalue weighted by molar-refractivity contribution is 7.46. The summed E-state index contributed by atoms with van der Waals surface area (Å²) in [5.41, 5.74) is -2.29. The second kappa shape index (κ2) is 10.4. The molecule has 0 spiro atoms. The molecule has 4 N–H and O–H groups in total. The molecule has 0 aliphatic heterocycles. The summed E-state index contributed by atoms with van der Waals surface area (Å²) in [7, 11) is -9.26. The Morgan fingerprint density at radius 3 is 1.26 bits per heavy atom. The third-order valence-electron chi connectivity index (χ3n) is 3.66. The average molecular weight is 432 g/mol. The van der Waals surface area contributed by atoms with Crippen LogP contribution in [0.3, 0.4) is 0 Å². The third kappa shape index (κ3) is 16.2. The van der Waals surface area contributed by atoms with E-state index < -0.39 is 26.8 Å². The number of carbonyl (C=O) groups excluding carboxylic acids is 2. The van der Waals surface area contributed by atoms with Crippen molar-refractivity contribution in [2.24, 2.45) is 0 Å². The minimum Gasteiger partial charge on any atom is -0.303 e. The van der Waals surface area contributed by atoms with Crippen molar-refractivity contribution in [3.05, 3.63) is 0 Å². The Bertz CT molecular complexity index is 550. The molecule has 0 fully saturated rings. The van der Waals surface area contributed by atoms with Gasteiger partial charge >= 0.3 is 15.6 Å². The highest BCUT2D eigenvalue weighted by atomic mass is 31.2. The van der Waals surface area contributed by atoms with E-state index in [1.54, 1.807) is 0 Å². The van der Waals surface area contributed by atoms with Gasteiger partial charge in [0.15, 0.2) is 0 Å². The number of phosphoric ester groups is 2. The Morgan fingerprint density at radius 1 is 0.704 bits per heavy atom. The first-order valence-electron chi connectivity index (χ1n) is 8.47. The van der Waals surface area contributed by atoms with Crippen LogP contribution in [0.15, 0.2) is 0 Å². The lowest BCUT2D eigenvalue weighted by Crippen LogP contribution is -2.24. The summed E-state index contributed by atoms with van der Waals surface area (Å²) in [6.07, 6.45) is 1.06. The van der Waals surface area contributed by atoms with Crippen LogP contribution >= 0.6 is 15.6 Å². The van der Waals surface area contributed by atoms with Crippen molar-refractivity contribution < 1.29 is 47.3 Å². The first kappa shape index (κ1) is 26.6. The van der Waals surface area contributed by atoms with Crippen LogP contribution in [0.1, 0.15) is 72.6 Å². The Balaban J connectivity index is 4.12. The van der Waals surface area contributed by atoms with Crippen LogP contribution in [0.25, 0.3) is 0 Å². The van der Waals surface area contributed by atoms with Crippen molar-refractivity contribution in [2.45, 2.75) is 83.8 Å². The molecule has 12 heteroatoms. The number of hydrogen-bond acceptors (Lipinski definition) is 6. The standard InChI is InChI=1S/C15H30O10P2/c1-14(2,24-26(18,19)20)10-8-12(16)6-5-7-13(17)9-11-15(3,4)25-27(21,22)23/h5-11H2,1-4H3,(H2,18,19,20)(H2,21,22,23). The van der Waals surface area contributed by atoms with Crippen molar-refractivity contribution in [3.63, 3.8) is 0 Å². The lowest BCUT2D eigenvalue weighted by Gasteiger charge is -2.25. The lowest BCUT2D eigenvalue weighted by atomic mass is 9.97. The van der Waals surface area contributed by atoms with Gasteiger partial charge in [0.1, 0.15) is 11.6 Å². The van der Waals surface area contributed by atoms with E-state index in [4.69, 9.17) is 19.6 Å². The van der Waals surface area contributed by atoms with Gasteiger partial charge < -0.3 is 19.6 Å². The minimum absolute atomic E-state index is 0.0738. The van der Waals surface area contributed by atoms with E-state index in [1.165, 1.54) is 27.7 Å². The monoisotopic (exact) mass is 432 g/mol. The van der Waals surface area contributed by atoms with Gasteiger partial charge in [-0.15, -0.1) is 0 Å². The number of ketones is 2. The van der Waals surface area contributed by atoms with Crippen LogP contribution in [0.2, 0.25) is 0 Å². The van der Waals surface area contributed by atoms with E-state index in [-0.39, 0.29) is 50.1 Å². The molecule has 27 heavy (non-hydrogen) atoms. The number of Topliss-reactive ketones (excluding diaryl/α,β-unsaturated/α-hetero) is 2. The molecule has 0 aromatic heterocycles. The average Bonchev–Trinajstić information content (AvgIpc) is 2.38. The summed E-state index contributed by atoms with van der Waals surface area (Å²) in [6, 6.07) is 0. The first-order valence-corrected chi connectivity index (χ1v) is 11.5. The topological polar surface area (TPSA) is 168 Å². The molecule has 0 unspecified atom stereocenters. The maximum absolute atomic E-state index is 11.8. The molecule has 0 rings (SSSR count). The van der Waals surface area contributed by atoms with Gasteiger partial charge in [-0.25, -0.2) is 9.13 Å². The zero-order valence-electron chi connectivity index (χ0n) is 16.1. The SMILES string of the molecule is CC(C)(CCC(=O)CCCC(=O)CCC(C)(C)OP(=O)(O)O)OP(=O)(O)O. The lowest BCUT2D eigenvalue weighted by molar-refractivity contribution is -0.121. The minimum atomic E-state index is -4.63. The molecule has 0 saturated carbocycles. The van der Waals surface area contributed by atoms with Crippen LogP contribution in [0.4, 0.5) is 0 Å². The highest BCUT2D eigenvalue weighted by Crippen LogP contribution is 2.43. The first-order chi connectivity index (χ1) is 11.9. The highest BCUT2D eigenvalue weighted by Gasteiger charge is 2.30. The molecule has 0 aliphatic carbocycles. The summed E-state index contributed by atoms with van der Waals surface area (Å²) in [6.45, 7) is 5.91. The van der Waals surface area contributed by atoms with E-state index in [0.29, 0.717) is 6.42 Å². The molecular formula is C15H30O10P2. The normalized spacial score (nSPS) is 13.6. The van der Waals surface area contributed by atoms with Crippen LogP contribution in [-0.2, 0) is 27.8 Å². The predicted molar refractivity (Wildman–Crippen MR) is 96.7 cm³/mol. The van der Waals surface area contributed by atoms with Gasteiger partial charge in [0, 0.05) is 25.7 Å². The van der Waals surface area contributed by atoms with Crippen molar-refractivity contribution in [2.75, 3.05) is 0 Å². The largest absolute Gasteiger partial charge is 0.470 e. The van der Waals surface area contributed by atoms with Gasteiger partial charge in [0.25, 0.3) is 0 Å². The van der Waals surface area contributed by atoms with Gasteiger partial charge in [0.05, 0.1) is 11.2 Å². The fourth-order valence-corrected chi connectivity index (χ4v) is 3.82. The van der Waals surface area contributed by atoms with E-state index in [9.17, 15) is 18.7 Å². The van der Waals surface area contributed by atoms with Crippen molar-refractivity contribution in [1.82, 2.24) is 0 Å². The Kier molecular flexibility index (Phi) is 10.2. The molecule has 10 nitrogen and oxygen atoms in total. The molecule has 0 aromatic rings. The molecule has 0 heterocycles. The number of carbonyl (C=O) groups is 2. The van der Waals surface area contributed by atoms with Gasteiger partial charge in [-0.1, -0.05) is 0 Å². The van der Waals surface area contributed by atoms with Gasteiger partial charge in [-0.05, 0) is 47.0 Å². The maximum atomic E-state index is 11.8. The second-order valence-corrected chi connectivity index (χ2v) is 9.94. The molecule has 0 aromatic carbocycles. The van der Waals surface area contributed by atoms with E-state index in [0.717, 1.165) is 0 Å². The number of rotatable bonds is 14. The second-order valence-electron chi connectivity index (χ2n) is 7.61. The Morgan fingerprint density at radius 2 is 1.00 bits per heavy atom. The third-order valence-corrected chi connectivity index (χ3v) is 5.12. The zero-order valence-corrected chi connectivity index (χ0v) is 17.9. The quantitative estimate of drug-likeness (QED) is 0.299. The summed E-state index contributed by atoms with van der Waals surface area (Å²) < 4.78 is 30.9. The molecule has 0 bridgehead atoms. The van der Waals surface area contributed by atoms with E-state index >= 15 is 0 Å². The van der Waals surface area contributed by atoms with E-state index in [1.807, 2.05) is 0 Å². The zero-order chi connectivity index (χ0) is 21.5. The Labute approximate surface area is 159 Å². The van der Waals surface area contributed by atoms with Crippen LogP contribution in [0.5, 0.6) is 0 Å². The molecule has 0 radical (unpaired) electrons. The van der Waals surface area contributed by atoms with Crippen LogP contribution in [-0.4, -0.2) is 42.3 Å². The molecule has 0 saturated heterocycles. The molecule has 0 amide bonds. The molecule has 0 aliphatic rings. The van der Waals surface area contributed by atoms with Crippen molar-refractivity contribution in [3.8, 4) is 0 Å². The summed E-state index contributed by atoms with van der Waals surface area (Å²) >= 11 is 0. The Hall–Kier alpha value is -0.440. The predicted octanol–water partition coefficient (Wildman–Crippen LogP) is 2.63. The summed E-state index contributed by atoms with van der Waals surface area (Å²) in [5.74, 6) is -0.286. The fourth-order valence-electron chi connectivity index (χ4n) is 2.35. The summed E-state index contributed by atoms with van der Waals surface area (Å²) in [4.78, 5) is 58.9. The fraction of sp³-hybridized carbons (Fsp3) is 0.867. The van der Waals surface area contributed by atoms with E-state index in [2.05, 4.69) is 9.05 Å². The van der Waals surface area contributed by atoms with Crippen LogP contribution in [0, 0.1) is 0 Å². The van der Waals surface area contributed by atoms with Crippen LogP contribution < -0.4 is 0 Å². The van der Waals surface area contributed by atoms with Gasteiger partial charge in [-0.2, -0.15) is 0 Å². The molecular weight excluding hydrogens is 402 g/mol. The summed E-state index contributed by atoms with van der Waals surface area (Å²) in [5, 5.41) is 0. The number of phosphoric acid groups is 2. The van der Waals surface area contributed by atoms with Gasteiger partial charge in [0.2, 0.25) is 0 Å². The van der Waals surface area contributed by atoms with Gasteiger partial charge in [-0.3, -0.25) is 18.6 Å². The molecule has 0 atom stereocenters. The van der Waals surface area contributed by atoms with Crippen molar-refractivity contribution in [1.29, 1.82) is 0 Å². The maximum Gasteiger partial charge on any atom is 0.470 e. The number of hydrogen-bond donors (Lipinski definition) is 4. The van der Waals surface area contributed by atoms with Crippen molar-refractivity contribution >= 4 is 27.2 Å².